The van der Waals surface area contributed by atoms with Crippen LogP contribution in [-0.4, -0.2) is 67.4 Å². The topological polar surface area (TPSA) is 35.9 Å². The summed E-state index contributed by atoms with van der Waals surface area (Å²) < 4.78 is 5.72. The number of aliphatic hydroxyl groups is 1. The van der Waals surface area contributed by atoms with Gasteiger partial charge in [0.2, 0.25) is 0 Å². The van der Waals surface area contributed by atoms with Crippen molar-refractivity contribution in [2.75, 3.05) is 52.5 Å². The zero-order valence-corrected chi connectivity index (χ0v) is 12.2. The van der Waals surface area contributed by atoms with Crippen LogP contribution in [-0.2, 0) is 0 Å². The van der Waals surface area contributed by atoms with Gasteiger partial charge in [0.1, 0.15) is 5.75 Å². The van der Waals surface area contributed by atoms with Crippen LogP contribution in [0.4, 0.5) is 0 Å². The minimum atomic E-state index is 0.269. The van der Waals surface area contributed by atoms with Crippen molar-refractivity contribution in [3.63, 3.8) is 0 Å². The highest BCUT2D eigenvalue weighted by Gasteiger charge is 2.13. The SMILES string of the molecule is OCCN1CCCN(CCCOc2ccccc2)CC1. The Balaban J connectivity index is 1.60. The van der Waals surface area contributed by atoms with Crippen LogP contribution < -0.4 is 4.74 Å². The first kappa shape index (κ1) is 15.3. The van der Waals surface area contributed by atoms with Gasteiger partial charge in [-0.3, -0.25) is 4.90 Å². The van der Waals surface area contributed by atoms with Crippen molar-refractivity contribution in [2.45, 2.75) is 12.8 Å². The molecule has 1 fully saturated rings. The van der Waals surface area contributed by atoms with Crippen molar-refractivity contribution in [2.24, 2.45) is 0 Å². The number of aliphatic hydroxyl groups excluding tert-OH is 1. The zero-order chi connectivity index (χ0) is 14.0. The first-order valence-electron chi connectivity index (χ1n) is 7.62. The molecule has 1 saturated heterocycles. The molecule has 4 nitrogen and oxygen atoms in total. The first-order chi connectivity index (χ1) is 9.88. The quantitative estimate of drug-likeness (QED) is 0.766. The highest BCUT2D eigenvalue weighted by atomic mass is 16.5. The van der Waals surface area contributed by atoms with E-state index in [1.165, 1.54) is 6.42 Å². The van der Waals surface area contributed by atoms with Gasteiger partial charge in [-0.2, -0.15) is 0 Å². The van der Waals surface area contributed by atoms with Gasteiger partial charge in [0.15, 0.2) is 0 Å². The van der Waals surface area contributed by atoms with E-state index in [1.807, 2.05) is 30.3 Å². The van der Waals surface area contributed by atoms with E-state index in [-0.39, 0.29) is 6.61 Å². The molecule has 112 valence electrons. The zero-order valence-electron chi connectivity index (χ0n) is 12.2. The van der Waals surface area contributed by atoms with Crippen molar-refractivity contribution in [1.29, 1.82) is 0 Å². The van der Waals surface area contributed by atoms with Gasteiger partial charge in [0.05, 0.1) is 13.2 Å². The molecule has 1 aliphatic rings. The maximum Gasteiger partial charge on any atom is 0.119 e. The van der Waals surface area contributed by atoms with Gasteiger partial charge >= 0.3 is 0 Å². The summed E-state index contributed by atoms with van der Waals surface area (Å²) in [7, 11) is 0. The first-order valence-corrected chi connectivity index (χ1v) is 7.62. The number of rotatable bonds is 7. The monoisotopic (exact) mass is 278 g/mol. The van der Waals surface area contributed by atoms with E-state index >= 15 is 0 Å². The second-order valence-corrected chi connectivity index (χ2v) is 5.28. The normalized spacial score (nSPS) is 17.9. The van der Waals surface area contributed by atoms with Crippen LogP contribution in [0.3, 0.4) is 0 Å². The molecule has 0 bridgehead atoms. The van der Waals surface area contributed by atoms with E-state index in [4.69, 9.17) is 9.84 Å². The molecule has 4 heteroatoms. The lowest BCUT2D eigenvalue weighted by Crippen LogP contribution is -2.33. The Bertz CT molecular complexity index is 359. The standard InChI is InChI=1S/C16H26N2O2/c19-14-13-18-9-4-8-17(11-12-18)10-5-15-20-16-6-2-1-3-7-16/h1-3,6-7,19H,4-5,8-15H2. The second-order valence-electron chi connectivity index (χ2n) is 5.28. The summed E-state index contributed by atoms with van der Waals surface area (Å²) in [5.41, 5.74) is 0. The lowest BCUT2D eigenvalue weighted by Gasteiger charge is -2.21. The Hall–Kier alpha value is -1.10. The molecule has 0 aromatic heterocycles. The van der Waals surface area contributed by atoms with Crippen LogP contribution in [0.2, 0.25) is 0 Å². The molecule has 1 aromatic rings. The highest BCUT2D eigenvalue weighted by molar-refractivity contribution is 5.20. The van der Waals surface area contributed by atoms with Gasteiger partial charge in [0, 0.05) is 26.2 Å². The third-order valence-corrected chi connectivity index (χ3v) is 3.73. The van der Waals surface area contributed by atoms with Crippen molar-refractivity contribution in [1.82, 2.24) is 9.80 Å². The molecule has 1 heterocycles. The molecular formula is C16H26N2O2. The number of ether oxygens (including phenoxy) is 1. The predicted molar refractivity (Wildman–Crippen MR) is 81.1 cm³/mol. The summed E-state index contributed by atoms with van der Waals surface area (Å²) >= 11 is 0. The molecule has 0 radical (unpaired) electrons. The van der Waals surface area contributed by atoms with Gasteiger partial charge in [-0.25, -0.2) is 0 Å². The highest BCUT2D eigenvalue weighted by Crippen LogP contribution is 2.09. The third kappa shape index (κ3) is 5.49. The Kier molecular flexibility index (Phi) is 6.84. The van der Waals surface area contributed by atoms with Crippen LogP contribution >= 0.6 is 0 Å². The molecule has 0 unspecified atom stereocenters. The number of para-hydroxylation sites is 1. The summed E-state index contributed by atoms with van der Waals surface area (Å²) in [5.74, 6) is 0.956. The van der Waals surface area contributed by atoms with Crippen LogP contribution in [0.15, 0.2) is 30.3 Å². The Morgan fingerprint density at radius 3 is 2.35 bits per heavy atom. The van der Waals surface area contributed by atoms with Crippen molar-refractivity contribution in [3.05, 3.63) is 30.3 Å². The van der Waals surface area contributed by atoms with E-state index in [2.05, 4.69) is 9.80 Å². The van der Waals surface area contributed by atoms with Gasteiger partial charge < -0.3 is 14.7 Å². The van der Waals surface area contributed by atoms with E-state index in [0.29, 0.717) is 0 Å². The molecule has 0 amide bonds. The molecule has 1 aromatic carbocycles. The number of hydrogen-bond donors (Lipinski definition) is 1. The smallest absolute Gasteiger partial charge is 0.119 e. The third-order valence-electron chi connectivity index (χ3n) is 3.73. The summed E-state index contributed by atoms with van der Waals surface area (Å²) in [6.45, 7) is 7.40. The van der Waals surface area contributed by atoms with Crippen LogP contribution in [0.1, 0.15) is 12.8 Å². The molecule has 2 rings (SSSR count). The lowest BCUT2D eigenvalue weighted by molar-refractivity contribution is 0.194. The Morgan fingerprint density at radius 1 is 0.950 bits per heavy atom. The fourth-order valence-corrected chi connectivity index (χ4v) is 2.61. The summed E-state index contributed by atoms with van der Waals surface area (Å²) in [5, 5.41) is 8.99. The maximum atomic E-state index is 8.99. The molecule has 0 aliphatic carbocycles. The van der Waals surface area contributed by atoms with Crippen LogP contribution in [0.25, 0.3) is 0 Å². The maximum absolute atomic E-state index is 8.99. The largest absolute Gasteiger partial charge is 0.494 e. The second kappa shape index (κ2) is 8.95. The Morgan fingerprint density at radius 2 is 1.65 bits per heavy atom. The minimum Gasteiger partial charge on any atom is -0.494 e. The molecule has 1 aliphatic heterocycles. The van der Waals surface area contributed by atoms with Crippen LogP contribution in [0.5, 0.6) is 5.75 Å². The van der Waals surface area contributed by atoms with Crippen molar-refractivity contribution in [3.8, 4) is 5.75 Å². The van der Waals surface area contributed by atoms with Gasteiger partial charge in [-0.15, -0.1) is 0 Å². The molecule has 0 atom stereocenters. The average Bonchev–Trinajstić information content (AvgIpc) is 2.71. The fourth-order valence-electron chi connectivity index (χ4n) is 2.61. The number of β-amino-alcohol motifs (C(OH)–C–C–N with tert-alkyl or cyclic N) is 1. The molecule has 0 saturated carbocycles. The van der Waals surface area contributed by atoms with Gasteiger partial charge in [-0.05, 0) is 38.1 Å². The minimum absolute atomic E-state index is 0.269. The fraction of sp³-hybridized carbons (Fsp3) is 0.625. The van der Waals surface area contributed by atoms with E-state index in [9.17, 15) is 0 Å². The van der Waals surface area contributed by atoms with Crippen molar-refractivity contribution < 1.29 is 9.84 Å². The summed E-state index contributed by atoms with van der Waals surface area (Å²) in [6.07, 6.45) is 2.26. The summed E-state index contributed by atoms with van der Waals surface area (Å²) in [4.78, 5) is 4.85. The molecular weight excluding hydrogens is 252 g/mol. The number of benzene rings is 1. The van der Waals surface area contributed by atoms with Gasteiger partial charge in [0.25, 0.3) is 0 Å². The van der Waals surface area contributed by atoms with Crippen molar-refractivity contribution >= 4 is 0 Å². The Labute approximate surface area is 122 Å². The number of nitrogens with zero attached hydrogens (tertiary/aromatic N) is 2. The average molecular weight is 278 g/mol. The summed E-state index contributed by atoms with van der Waals surface area (Å²) in [6, 6.07) is 10.00. The van der Waals surface area contributed by atoms with Crippen LogP contribution in [0, 0.1) is 0 Å². The molecule has 20 heavy (non-hydrogen) atoms. The predicted octanol–water partition coefficient (Wildman–Crippen LogP) is 1.46. The lowest BCUT2D eigenvalue weighted by atomic mass is 10.3. The van der Waals surface area contributed by atoms with E-state index in [0.717, 1.165) is 58.0 Å². The molecule has 0 spiro atoms. The number of hydrogen-bond acceptors (Lipinski definition) is 4. The van der Waals surface area contributed by atoms with E-state index < -0.39 is 0 Å². The molecule has 1 N–H and O–H groups in total. The van der Waals surface area contributed by atoms with Gasteiger partial charge in [-0.1, -0.05) is 18.2 Å². The van der Waals surface area contributed by atoms with E-state index in [1.54, 1.807) is 0 Å².